The second-order valence-electron chi connectivity index (χ2n) is 5.21. The van der Waals surface area contributed by atoms with Crippen molar-refractivity contribution in [2.75, 3.05) is 17.1 Å². The molecular formula is C16H16N2O5S. The first kappa shape index (κ1) is 16.1. The smallest absolute Gasteiger partial charge is 0.265 e. The fourth-order valence-electron chi connectivity index (χ4n) is 2.28. The van der Waals surface area contributed by atoms with Crippen LogP contribution in [0, 0.1) is 0 Å². The van der Waals surface area contributed by atoms with Crippen molar-refractivity contribution in [2.24, 2.45) is 0 Å². The quantitative estimate of drug-likeness (QED) is 0.883. The summed E-state index contributed by atoms with van der Waals surface area (Å²) >= 11 is 0. The molecule has 0 aromatic heterocycles. The monoisotopic (exact) mass is 348 g/mol. The number of fused-ring (bicyclic) bond motifs is 1. The molecule has 0 spiro atoms. The molecule has 2 N–H and O–H groups in total. The fourth-order valence-corrected chi connectivity index (χ4v) is 3.37. The molecule has 0 bridgehead atoms. The topological polar surface area (TPSA) is 93.7 Å². The Morgan fingerprint density at radius 2 is 1.96 bits per heavy atom. The van der Waals surface area contributed by atoms with Crippen molar-refractivity contribution >= 4 is 27.3 Å². The van der Waals surface area contributed by atoms with E-state index >= 15 is 0 Å². The van der Waals surface area contributed by atoms with Gasteiger partial charge >= 0.3 is 0 Å². The molecule has 7 nitrogen and oxygen atoms in total. The van der Waals surface area contributed by atoms with Crippen molar-refractivity contribution < 1.29 is 22.7 Å². The molecule has 1 aliphatic heterocycles. The van der Waals surface area contributed by atoms with E-state index in [1.165, 1.54) is 25.3 Å². The van der Waals surface area contributed by atoms with Crippen LogP contribution in [0.3, 0.4) is 0 Å². The molecule has 0 fully saturated rings. The zero-order valence-corrected chi connectivity index (χ0v) is 13.9. The predicted molar refractivity (Wildman–Crippen MR) is 89.0 cm³/mol. The first-order valence-corrected chi connectivity index (χ1v) is 8.66. The number of hydrogen-bond acceptors (Lipinski definition) is 5. The third-order valence-corrected chi connectivity index (χ3v) is 4.91. The van der Waals surface area contributed by atoms with Gasteiger partial charge in [-0.15, -0.1) is 0 Å². The number of ether oxygens (including phenoxy) is 2. The molecule has 8 heteroatoms. The number of carbonyl (C=O) groups is 1. The van der Waals surface area contributed by atoms with Gasteiger partial charge in [-0.25, -0.2) is 8.42 Å². The largest absolute Gasteiger partial charge is 0.495 e. The van der Waals surface area contributed by atoms with E-state index in [0.29, 0.717) is 22.9 Å². The molecule has 24 heavy (non-hydrogen) atoms. The lowest BCUT2D eigenvalue weighted by atomic mass is 10.2. The van der Waals surface area contributed by atoms with Crippen molar-refractivity contribution in [1.82, 2.24) is 0 Å². The van der Waals surface area contributed by atoms with Gasteiger partial charge < -0.3 is 14.8 Å². The molecule has 1 amide bonds. The van der Waals surface area contributed by atoms with Crippen molar-refractivity contribution in [3.05, 3.63) is 42.5 Å². The van der Waals surface area contributed by atoms with Gasteiger partial charge in [0.2, 0.25) is 0 Å². The molecule has 2 aromatic carbocycles. The number of nitrogens with one attached hydrogen (secondary N) is 2. The van der Waals surface area contributed by atoms with Crippen LogP contribution in [-0.4, -0.2) is 27.5 Å². The second-order valence-corrected chi connectivity index (χ2v) is 6.90. The average molecular weight is 348 g/mol. The van der Waals surface area contributed by atoms with Crippen molar-refractivity contribution in [2.45, 2.75) is 17.9 Å². The van der Waals surface area contributed by atoms with Crippen molar-refractivity contribution in [1.29, 1.82) is 0 Å². The van der Waals surface area contributed by atoms with E-state index in [-0.39, 0.29) is 10.8 Å². The van der Waals surface area contributed by atoms with Gasteiger partial charge in [-0.3, -0.25) is 9.52 Å². The summed E-state index contributed by atoms with van der Waals surface area (Å²) in [5, 5.41) is 2.66. The Morgan fingerprint density at radius 1 is 1.21 bits per heavy atom. The Morgan fingerprint density at radius 3 is 2.71 bits per heavy atom. The zero-order chi connectivity index (χ0) is 17.3. The third kappa shape index (κ3) is 3.00. The molecule has 0 radical (unpaired) electrons. The van der Waals surface area contributed by atoms with Gasteiger partial charge in [0.15, 0.2) is 6.10 Å². The third-order valence-electron chi connectivity index (χ3n) is 3.55. The Bertz CT molecular complexity index is 895. The maximum atomic E-state index is 12.6. The van der Waals surface area contributed by atoms with Crippen LogP contribution < -0.4 is 19.5 Å². The highest BCUT2D eigenvalue weighted by molar-refractivity contribution is 7.92. The first-order chi connectivity index (χ1) is 11.4. The molecule has 0 aliphatic carbocycles. The second kappa shape index (κ2) is 6.04. The summed E-state index contributed by atoms with van der Waals surface area (Å²) in [4.78, 5) is 11.6. The maximum absolute atomic E-state index is 12.6. The van der Waals surface area contributed by atoms with Crippen LogP contribution in [-0.2, 0) is 14.8 Å². The first-order valence-electron chi connectivity index (χ1n) is 7.18. The summed E-state index contributed by atoms with van der Waals surface area (Å²) in [6.45, 7) is 1.59. The van der Waals surface area contributed by atoms with Crippen LogP contribution in [0.15, 0.2) is 47.4 Å². The lowest BCUT2D eigenvalue weighted by Gasteiger charge is -2.23. The van der Waals surface area contributed by atoms with E-state index in [2.05, 4.69) is 10.0 Å². The normalized spacial score (nSPS) is 16.6. The van der Waals surface area contributed by atoms with Crippen molar-refractivity contribution in [3.63, 3.8) is 0 Å². The van der Waals surface area contributed by atoms with Gasteiger partial charge in [-0.1, -0.05) is 12.1 Å². The van der Waals surface area contributed by atoms with Crippen LogP contribution in [0.4, 0.5) is 11.4 Å². The number of methoxy groups -OCH3 is 1. The Labute approximate surface area is 139 Å². The van der Waals surface area contributed by atoms with E-state index in [9.17, 15) is 13.2 Å². The highest BCUT2D eigenvalue weighted by Crippen LogP contribution is 2.33. The van der Waals surface area contributed by atoms with Crippen molar-refractivity contribution in [3.8, 4) is 11.5 Å². The molecule has 1 heterocycles. The zero-order valence-electron chi connectivity index (χ0n) is 13.1. The highest BCUT2D eigenvalue weighted by Gasteiger charge is 2.26. The van der Waals surface area contributed by atoms with E-state index < -0.39 is 16.1 Å². The number of hydrogen-bond donors (Lipinski definition) is 2. The van der Waals surface area contributed by atoms with E-state index in [1.54, 1.807) is 31.2 Å². The van der Waals surface area contributed by atoms with Gasteiger partial charge in [0.05, 0.1) is 23.4 Å². The van der Waals surface area contributed by atoms with E-state index in [0.717, 1.165) is 0 Å². The maximum Gasteiger partial charge on any atom is 0.265 e. The molecule has 1 aliphatic rings. The molecule has 0 saturated carbocycles. The Balaban J connectivity index is 1.93. The minimum absolute atomic E-state index is 0.0236. The number of rotatable bonds is 4. The number of anilines is 2. The van der Waals surface area contributed by atoms with Gasteiger partial charge in [0, 0.05) is 6.07 Å². The number of amides is 1. The SMILES string of the molecule is COc1ccccc1NS(=O)(=O)c1ccc2c(c1)O[C@@H](C)C(=O)N2. The molecule has 3 rings (SSSR count). The average Bonchev–Trinajstić information content (AvgIpc) is 2.55. The fraction of sp³-hybridized carbons (Fsp3) is 0.188. The summed E-state index contributed by atoms with van der Waals surface area (Å²) in [5.74, 6) is 0.450. The summed E-state index contributed by atoms with van der Waals surface area (Å²) in [6.07, 6.45) is -0.683. The minimum Gasteiger partial charge on any atom is -0.495 e. The molecule has 1 atom stereocenters. The van der Waals surface area contributed by atoms with Crippen LogP contribution in [0.25, 0.3) is 0 Å². The molecule has 126 valence electrons. The van der Waals surface area contributed by atoms with Gasteiger partial charge in [0.1, 0.15) is 11.5 Å². The summed E-state index contributed by atoms with van der Waals surface area (Å²) in [6, 6.07) is 11.0. The van der Waals surface area contributed by atoms with Gasteiger partial charge in [-0.05, 0) is 31.2 Å². The number of benzene rings is 2. The summed E-state index contributed by atoms with van der Waals surface area (Å²) < 4.78 is 38.3. The number of sulfonamides is 1. The summed E-state index contributed by atoms with van der Waals surface area (Å²) in [5.41, 5.74) is 0.773. The van der Waals surface area contributed by atoms with Crippen LogP contribution in [0.1, 0.15) is 6.92 Å². The molecule has 2 aromatic rings. The molecular weight excluding hydrogens is 332 g/mol. The summed E-state index contributed by atoms with van der Waals surface area (Å²) in [7, 11) is -2.37. The van der Waals surface area contributed by atoms with Gasteiger partial charge in [-0.2, -0.15) is 0 Å². The van der Waals surface area contributed by atoms with Crippen LogP contribution in [0.2, 0.25) is 0 Å². The highest BCUT2D eigenvalue weighted by atomic mass is 32.2. The Hall–Kier alpha value is -2.74. The predicted octanol–water partition coefficient (Wildman–Crippen LogP) is 2.22. The number of carbonyl (C=O) groups excluding carboxylic acids is 1. The van der Waals surface area contributed by atoms with E-state index in [4.69, 9.17) is 9.47 Å². The Kier molecular flexibility index (Phi) is 4.06. The van der Waals surface area contributed by atoms with Gasteiger partial charge in [0.25, 0.3) is 15.9 Å². The minimum atomic E-state index is -3.83. The molecule has 0 saturated heterocycles. The van der Waals surface area contributed by atoms with E-state index in [1.807, 2.05) is 0 Å². The lowest BCUT2D eigenvalue weighted by Crippen LogP contribution is -2.34. The lowest BCUT2D eigenvalue weighted by molar-refractivity contribution is -0.122. The van der Waals surface area contributed by atoms with Crippen LogP contribution >= 0.6 is 0 Å². The molecule has 0 unspecified atom stereocenters. The number of para-hydroxylation sites is 2. The van der Waals surface area contributed by atoms with Crippen LogP contribution in [0.5, 0.6) is 11.5 Å². The standard InChI is InChI=1S/C16H16N2O5S/c1-10-16(19)17-12-8-7-11(9-15(12)23-10)24(20,21)18-13-5-3-4-6-14(13)22-2/h3-10,18H,1-2H3,(H,17,19)/t10-/m0/s1.